The van der Waals surface area contributed by atoms with Gasteiger partial charge >= 0.3 is 12.6 Å². The molecule has 7 heteroatoms. The quantitative estimate of drug-likeness (QED) is 0.881. The number of thioether (sulfide) groups is 1. The number of carboxylic acids is 1. The summed E-state index contributed by atoms with van der Waals surface area (Å²) in [6.07, 6.45) is 0. The summed E-state index contributed by atoms with van der Waals surface area (Å²) in [5.74, 6) is -0.482. The number of ether oxygens (including phenoxy) is 1. The van der Waals surface area contributed by atoms with Gasteiger partial charge in [-0.2, -0.15) is 8.78 Å². The van der Waals surface area contributed by atoms with E-state index in [2.05, 4.69) is 10.1 Å². The van der Waals surface area contributed by atoms with Crippen molar-refractivity contribution in [1.82, 2.24) is 5.32 Å². The van der Waals surface area contributed by atoms with Crippen molar-refractivity contribution >= 4 is 17.7 Å². The monoisotopic (exact) mass is 275 g/mol. The van der Waals surface area contributed by atoms with Crippen LogP contribution in [-0.2, 0) is 4.79 Å². The molecule has 0 saturated carbocycles. The third-order valence-corrected chi connectivity index (χ3v) is 3.75. The molecule has 1 aromatic carbocycles. The molecule has 0 aromatic heterocycles. The molecule has 2 N–H and O–H groups in total. The van der Waals surface area contributed by atoms with Gasteiger partial charge in [0, 0.05) is 11.3 Å². The van der Waals surface area contributed by atoms with Gasteiger partial charge in [-0.25, -0.2) is 0 Å². The van der Waals surface area contributed by atoms with Crippen LogP contribution in [0.1, 0.15) is 10.9 Å². The van der Waals surface area contributed by atoms with Gasteiger partial charge in [-0.15, -0.1) is 11.8 Å². The highest BCUT2D eigenvalue weighted by Gasteiger charge is 2.32. The van der Waals surface area contributed by atoms with E-state index in [1.54, 1.807) is 18.2 Å². The maximum absolute atomic E-state index is 12.2. The molecule has 2 unspecified atom stereocenters. The third-order valence-electron chi connectivity index (χ3n) is 2.50. The highest BCUT2D eigenvalue weighted by Crippen LogP contribution is 2.37. The number of hydrogen-bond donors (Lipinski definition) is 2. The van der Waals surface area contributed by atoms with E-state index in [4.69, 9.17) is 5.11 Å². The van der Waals surface area contributed by atoms with Gasteiger partial charge in [-0.1, -0.05) is 18.2 Å². The van der Waals surface area contributed by atoms with E-state index in [0.29, 0.717) is 11.3 Å². The molecule has 0 radical (unpaired) electrons. The van der Waals surface area contributed by atoms with Crippen LogP contribution in [0.3, 0.4) is 0 Å². The molecule has 1 fully saturated rings. The van der Waals surface area contributed by atoms with Gasteiger partial charge in [0.15, 0.2) is 0 Å². The number of benzene rings is 1. The smallest absolute Gasteiger partial charge is 0.387 e. The summed E-state index contributed by atoms with van der Waals surface area (Å²) in [5.41, 5.74) is 0.534. The first-order valence-electron chi connectivity index (χ1n) is 5.22. The molecule has 0 bridgehead atoms. The summed E-state index contributed by atoms with van der Waals surface area (Å²) >= 11 is 1.36. The van der Waals surface area contributed by atoms with Crippen molar-refractivity contribution in [3.63, 3.8) is 0 Å². The molecule has 1 aliphatic heterocycles. The van der Waals surface area contributed by atoms with E-state index in [1.165, 1.54) is 17.8 Å². The van der Waals surface area contributed by atoms with Gasteiger partial charge in [0.1, 0.15) is 11.8 Å². The van der Waals surface area contributed by atoms with E-state index < -0.39 is 18.6 Å². The van der Waals surface area contributed by atoms with Gasteiger partial charge in [-0.3, -0.25) is 10.1 Å². The van der Waals surface area contributed by atoms with Crippen molar-refractivity contribution < 1.29 is 23.4 Å². The Morgan fingerprint density at radius 3 is 2.83 bits per heavy atom. The summed E-state index contributed by atoms with van der Waals surface area (Å²) in [7, 11) is 0. The summed E-state index contributed by atoms with van der Waals surface area (Å²) in [6, 6.07) is 5.71. The van der Waals surface area contributed by atoms with Gasteiger partial charge in [-0.05, 0) is 6.07 Å². The Morgan fingerprint density at radius 1 is 1.50 bits per heavy atom. The third kappa shape index (κ3) is 2.91. The molecule has 98 valence electrons. The largest absolute Gasteiger partial charge is 0.480 e. The molecule has 1 saturated heterocycles. The summed E-state index contributed by atoms with van der Waals surface area (Å²) in [6.45, 7) is -2.90. The standard InChI is InChI=1S/C11H11F2NO3S/c12-11(13)17-8-4-2-1-3-6(8)9-14-7(5-18-9)10(15)16/h1-4,7,9,11,14H,5H2,(H,15,16). The van der Waals surface area contributed by atoms with Crippen molar-refractivity contribution in [2.75, 3.05) is 5.75 Å². The lowest BCUT2D eigenvalue weighted by Gasteiger charge is -2.15. The van der Waals surface area contributed by atoms with Gasteiger partial charge < -0.3 is 9.84 Å². The normalized spacial score (nSPS) is 23.3. The first-order chi connectivity index (χ1) is 8.58. The Bertz CT molecular complexity index is 444. The lowest BCUT2D eigenvalue weighted by atomic mass is 10.2. The Kier molecular flexibility index (Phi) is 4.03. The number of halogens is 2. The Labute approximate surface area is 106 Å². The van der Waals surface area contributed by atoms with Crippen LogP contribution in [0, 0.1) is 0 Å². The number of hydrogen-bond acceptors (Lipinski definition) is 4. The maximum atomic E-state index is 12.2. The zero-order chi connectivity index (χ0) is 13.1. The first-order valence-corrected chi connectivity index (χ1v) is 6.27. The number of rotatable bonds is 4. The highest BCUT2D eigenvalue weighted by molar-refractivity contribution is 7.99. The molecule has 1 aromatic rings. The van der Waals surface area contributed by atoms with E-state index in [0.717, 1.165) is 0 Å². The summed E-state index contributed by atoms with van der Waals surface area (Å²) < 4.78 is 28.9. The van der Waals surface area contributed by atoms with Crippen molar-refractivity contribution in [2.24, 2.45) is 0 Å². The van der Waals surface area contributed by atoms with Crippen molar-refractivity contribution in [1.29, 1.82) is 0 Å². The van der Waals surface area contributed by atoms with E-state index in [-0.39, 0.29) is 11.1 Å². The molecule has 4 nitrogen and oxygen atoms in total. The van der Waals surface area contributed by atoms with Gasteiger partial charge in [0.25, 0.3) is 0 Å². The highest BCUT2D eigenvalue weighted by atomic mass is 32.2. The topological polar surface area (TPSA) is 58.6 Å². The van der Waals surface area contributed by atoms with Crippen molar-refractivity contribution in [2.45, 2.75) is 18.0 Å². The second kappa shape index (κ2) is 5.53. The summed E-state index contributed by atoms with van der Waals surface area (Å²) in [5, 5.41) is 11.4. The molecule has 1 aliphatic rings. The lowest BCUT2D eigenvalue weighted by Crippen LogP contribution is -2.33. The number of alkyl halides is 2. The zero-order valence-electron chi connectivity index (χ0n) is 9.18. The average Bonchev–Trinajstić information content (AvgIpc) is 2.78. The van der Waals surface area contributed by atoms with Crippen LogP contribution >= 0.6 is 11.8 Å². The van der Waals surface area contributed by atoms with Gasteiger partial charge in [0.05, 0.1) is 5.37 Å². The minimum Gasteiger partial charge on any atom is -0.480 e. The SMILES string of the molecule is O=C(O)C1CSC(c2ccccc2OC(F)F)N1. The van der Waals surface area contributed by atoms with Crippen molar-refractivity contribution in [3.05, 3.63) is 29.8 Å². The second-order valence-corrected chi connectivity index (χ2v) is 4.83. The fourth-order valence-electron chi connectivity index (χ4n) is 1.69. The number of nitrogens with one attached hydrogen (secondary N) is 1. The average molecular weight is 275 g/mol. The second-order valence-electron chi connectivity index (χ2n) is 3.69. The number of para-hydroxylation sites is 1. The Hall–Kier alpha value is -1.34. The van der Waals surface area contributed by atoms with Crippen molar-refractivity contribution in [3.8, 4) is 5.75 Å². The molecule has 0 amide bonds. The zero-order valence-corrected chi connectivity index (χ0v) is 9.99. The predicted octanol–water partition coefficient (Wildman–Crippen LogP) is 2.08. The number of carboxylic acid groups (broad SMARTS) is 1. The molecular formula is C11H11F2NO3S. The molecule has 1 heterocycles. The predicted molar refractivity (Wildman–Crippen MR) is 62.8 cm³/mol. The molecule has 0 aliphatic carbocycles. The van der Waals surface area contributed by atoms with Crippen LogP contribution in [0.4, 0.5) is 8.78 Å². The van der Waals surface area contributed by atoms with E-state index in [9.17, 15) is 13.6 Å². The fraction of sp³-hybridized carbons (Fsp3) is 0.364. The van der Waals surface area contributed by atoms with E-state index >= 15 is 0 Å². The van der Waals surface area contributed by atoms with Gasteiger partial charge in [0.2, 0.25) is 0 Å². The molecule has 2 rings (SSSR count). The van der Waals surface area contributed by atoms with Crippen LogP contribution in [0.25, 0.3) is 0 Å². The molecule has 0 spiro atoms. The van der Waals surface area contributed by atoms with Crippen LogP contribution < -0.4 is 10.1 Å². The maximum Gasteiger partial charge on any atom is 0.387 e. The number of carbonyl (C=O) groups is 1. The first kappa shape index (κ1) is 13.1. The Morgan fingerprint density at radius 2 is 2.22 bits per heavy atom. The Balaban J connectivity index is 2.16. The van der Waals surface area contributed by atoms with Crippen LogP contribution in [0.5, 0.6) is 5.75 Å². The minimum atomic E-state index is -2.90. The molecule has 2 atom stereocenters. The van der Waals surface area contributed by atoms with Crippen LogP contribution in [0.2, 0.25) is 0 Å². The fourth-order valence-corrected chi connectivity index (χ4v) is 2.95. The number of aliphatic carboxylic acids is 1. The summed E-state index contributed by atoms with van der Waals surface area (Å²) in [4.78, 5) is 10.8. The lowest BCUT2D eigenvalue weighted by molar-refractivity contribution is -0.138. The van der Waals surface area contributed by atoms with E-state index in [1.807, 2.05) is 0 Å². The van der Waals surface area contributed by atoms with Crippen LogP contribution in [0.15, 0.2) is 24.3 Å². The molecular weight excluding hydrogens is 264 g/mol. The van der Waals surface area contributed by atoms with Crippen LogP contribution in [-0.4, -0.2) is 29.5 Å². The minimum absolute atomic E-state index is 0.0727. The molecule has 18 heavy (non-hydrogen) atoms.